The standard InChI is InChI=1S/C9H17N3OS/c1-9(2,7(13)10-3)6-12-8-11-4-5-14-8/h4-6H2,1-3H3,(H,10,13)(H,11,12). The highest BCUT2D eigenvalue weighted by molar-refractivity contribution is 8.14. The van der Waals surface area contributed by atoms with E-state index in [4.69, 9.17) is 0 Å². The van der Waals surface area contributed by atoms with Crippen molar-refractivity contribution in [2.24, 2.45) is 10.4 Å². The molecule has 80 valence electrons. The predicted octanol–water partition coefficient (Wildman–Crippen LogP) is 0.451. The molecule has 0 bridgehead atoms. The summed E-state index contributed by atoms with van der Waals surface area (Å²) in [6.45, 7) is 5.34. The van der Waals surface area contributed by atoms with Crippen molar-refractivity contribution in [2.75, 3.05) is 25.9 Å². The van der Waals surface area contributed by atoms with Crippen molar-refractivity contribution in [1.29, 1.82) is 0 Å². The van der Waals surface area contributed by atoms with E-state index in [1.54, 1.807) is 18.8 Å². The Kier molecular flexibility index (Phi) is 3.80. The Morgan fingerprint density at radius 3 is 2.86 bits per heavy atom. The number of rotatable bonds is 3. The molecular formula is C9H17N3OS. The third-order valence-corrected chi connectivity index (χ3v) is 3.04. The Labute approximate surface area is 88.9 Å². The lowest BCUT2D eigenvalue weighted by molar-refractivity contribution is -0.128. The molecule has 14 heavy (non-hydrogen) atoms. The number of aliphatic imine (C=N–C) groups is 1. The maximum atomic E-state index is 11.4. The van der Waals surface area contributed by atoms with Gasteiger partial charge in [-0.2, -0.15) is 0 Å². The monoisotopic (exact) mass is 215 g/mol. The lowest BCUT2D eigenvalue weighted by Gasteiger charge is -2.23. The molecule has 0 aromatic heterocycles. The maximum Gasteiger partial charge on any atom is 0.227 e. The lowest BCUT2D eigenvalue weighted by Crippen LogP contribution is -2.43. The van der Waals surface area contributed by atoms with Crippen molar-refractivity contribution >= 4 is 22.8 Å². The van der Waals surface area contributed by atoms with Crippen LogP contribution in [0.4, 0.5) is 0 Å². The molecule has 1 amide bonds. The number of hydrogen-bond acceptors (Lipinski definition) is 4. The minimum atomic E-state index is -0.388. The van der Waals surface area contributed by atoms with Gasteiger partial charge in [0.15, 0.2) is 5.17 Å². The van der Waals surface area contributed by atoms with Crippen LogP contribution in [0.5, 0.6) is 0 Å². The number of amidine groups is 1. The van der Waals surface area contributed by atoms with Gasteiger partial charge in [0.1, 0.15) is 0 Å². The van der Waals surface area contributed by atoms with E-state index in [0.29, 0.717) is 6.54 Å². The van der Waals surface area contributed by atoms with Crippen molar-refractivity contribution in [3.63, 3.8) is 0 Å². The predicted molar refractivity (Wildman–Crippen MR) is 60.6 cm³/mol. The van der Waals surface area contributed by atoms with E-state index < -0.39 is 0 Å². The summed E-state index contributed by atoms with van der Waals surface area (Å²) in [5.41, 5.74) is -0.388. The van der Waals surface area contributed by atoms with E-state index in [0.717, 1.165) is 17.5 Å². The van der Waals surface area contributed by atoms with E-state index in [1.165, 1.54) is 0 Å². The zero-order valence-electron chi connectivity index (χ0n) is 8.89. The molecule has 0 atom stereocenters. The van der Waals surface area contributed by atoms with Crippen LogP contribution in [0, 0.1) is 5.41 Å². The van der Waals surface area contributed by atoms with Crippen molar-refractivity contribution in [1.82, 2.24) is 10.6 Å². The summed E-state index contributed by atoms with van der Waals surface area (Å²) >= 11 is 1.71. The number of carbonyl (C=O) groups excluding carboxylic acids is 1. The highest BCUT2D eigenvalue weighted by Crippen LogP contribution is 2.15. The summed E-state index contributed by atoms with van der Waals surface area (Å²) in [4.78, 5) is 15.7. The normalized spacial score (nSPS) is 16.4. The molecule has 0 aliphatic carbocycles. The summed E-state index contributed by atoms with van der Waals surface area (Å²) in [7, 11) is 1.66. The summed E-state index contributed by atoms with van der Waals surface area (Å²) < 4.78 is 0. The molecule has 2 N–H and O–H groups in total. The molecule has 0 saturated heterocycles. The van der Waals surface area contributed by atoms with E-state index in [1.807, 2.05) is 13.8 Å². The number of carbonyl (C=O) groups is 1. The summed E-state index contributed by atoms with van der Waals surface area (Å²) in [5, 5.41) is 6.80. The molecule has 0 unspecified atom stereocenters. The molecule has 1 aliphatic rings. The first-order chi connectivity index (χ1) is 6.56. The third kappa shape index (κ3) is 2.90. The maximum absolute atomic E-state index is 11.4. The van der Waals surface area contributed by atoms with Crippen LogP contribution in [-0.4, -0.2) is 37.0 Å². The fourth-order valence-corrected chi connectivity index (χ4v) is 1.89. The molecule has 0 aromatic rings. The Morgan fingerprint density at radius 2 is 2.36 bits per heavy atom. The second kappa shape index (κ2) is 4.68. The van der Waals surface area contributed by atoms with Crippen molar-refractivity contribution < 1.29 is 4.79 Å². The van der Waals surface area contributed by atoms with Gasteiger partial charge in [-0.3, -0.25) is 9.79 Å². The number of nitrogens with zero attached hydrogens (tertiary/aromatic N) is 1. The fraction of sp³-hybridized carbons (Fsp3) is 0.778. The van der Waals surface area contributed by atoms with Crippen LogP contribution in [-0.2, 0) is 4.79 Å². The average Bonchev–Trinajstić information content (AvgIpc) is 2.66. The Balaban J connectivity index is 2.39. The van der Waals surface area contributed by atoms with E-state index in [9.17, 15) is 4.79 Å². The third-order valence-electron chi connectivity index (χ3n) is 2.11. The minimum absolute atomic E-state index is 0.0496. The number of hydrogen-bond donors (Lipinski definition) is 2. The van der Waals surface area contributed by atoms with Gasteiger partial charge in [0.05, 0.1) is 12.0 Å². The summed E-state index contributed by atoms with van der Waals surface area (Å²) in [5.74, 6) is 1.09. The zero-order valence-corrected chi connectivity index (χ0v) is 9.70. The lowest BCUT2D eigenvalue weighted by atomic mass is 9.92. The van der Waals surface area contributed by atoms with Crippen LogP contribution >= 0.6 is 11.8 Å². The van der Waals surface area contributed by atoms with E-state index in [2.05, 4.69) is 15.6 Å². The first-order valence-electron chi connectivity index (χ1n) is 4.69. The largest absolute Gasteiger partial charge is 0.364 e. The highest BCUT2D eigenvalue weighted by atomic mass is 32.2. The molecular weight excluding hydrogens is 198 g/mol. The van der Waals surface area contributed by atoms with E-state index >= 15 is 0 Å². The molecule has 0 radical (unpaired) electrons. The second-order valence-electron chi connectivity index (χ2n) is 3.85. The Bertz CT molecular complexity index is 250. The second-order valence-corrected chi connectivity index (χ2v) is 4.94. The minimum Gasteiger partial charge on any atom is -0.364 e. The molecule has 1 aliphatic heterocycles. The number of nitrogens with one attached hydrogen (secondary N) is 2. The summed E-state index contributed by atoms with van der Waals surface area (Å²) in [6.07, 6.45) is 0. The average molecular weight is 215 g/mol. The van der Waals surface area contributed by atoms with Gasteiger partial charge in [-0.15, -0.1) is 0 Å². The van der Waals surface area contributed by atoms with Gasteiger partial charge in [-0.25, -0.2) is 0 Å². The van der Waals surface area contributed by atoms with Gasteiger partial charge in [-0.05, 0) is 13.8 Å². The molecule has 0 fully saturated rings. The quantitative estimate of drug-likeness (QED) is 0.719. The molecule has 1 rings (SSSR count). The van der Waals surface area contributed by atoms with Crippen LogP contribution in [0.25, 0.3) is 0 Å². The Hall–Kier alpha value is -0.710. The first kappa shape index (κ1) is 11.4. The van der Waals surface area contributed by atoms with Gasteiger partial charge >= 0.3 is 0 Å². The van der Waals surface area contributed by atoms with E-state index in [-0.39, 0.29) is 11.3 Å². The molecule has 0 spiro atoms. The SMILES string of the molecule is CNC(=O)C(C)(C)CNC1=NCCS1. The topological polar surface area (TPSA) is 53.5 Å². The molecule has 1 heterocycles. The zero-order chi connectivity index (χ0) is 10.6. The van der Waals surface area contributed by atoms with Crippen molar-refractivity contribution in [3.8, 4) is 0 Å². The van der Waals surface area contributed by atoms with Gasteiger partial charge in [0.2, 0.25) is 5.91 Å². The fourth-order valence-electron chi connectivity index (χ4n) is 1.16. The van der Waals surface area contributed by atoms with Crippen molar-refractivity contribution in [2.45, 2.75) is 13.8 Å². The van der Waals surface area contributed by atoms with Gasteiger partial charge < -0.3 is 10.6 Å². The van der Waals surface area contributed by atoms with Crippen LogP contribution in [0.1, 0.15) is 13.8 Å². The smallest absolute Gasteiger partial charge is 0.227 e. The number of amides is 1. The number of thioether (sulfide) groups is 1. The molecule has 5 heteroatoms. The Morgan fingerprint density at radius 1 is 1.64 bits per heavy atom. The van der Waals surface area contributed by atoms with Crippen LogP contribution < -0.4 is 10.6 Å². The van der Waals surface area contributed by atoms with Gasteiger partial charge in [0.25, 0.3) is 0 Å². The van der Waals surface area contributed by atoms with Crippen LogP contribution in [0.3, 0.4) is 0 Å². The van der Waals surface area contributed by atoms with Crippen molar-refractivity contribution in [3.05, 3.63) is 0 Å². The van der Waals surface area contributed by atoms with Crippen LogP contribution in [0.2, 0.25) is 0 Å². The van der Waals surface area contributed by atoms with Crippen LogP contribution in [0.15, 0.2) is 4.99 Å². The van der Waals surface area contributed by atoms with Gasteiger partial charge in [-0.1, -0.05) is 11.8 Å². The molecule has 4 nitrogen and oxygen atoms in total. The molecule has 0 saturated carbocycles. The highest BCUT2D eigenvalue weighted by Gasteiger charge is 2.26. The first-order valence-corrected chi connectivity index (χ1v) is 5.68. The van der Waals surface area contributed by atoms with Gasteiger partial charge in [0, 0.05) is 19.3 Å². The molecule has 0 aromatic carbocycles. The summed E-state index contributed by atoms with van der Waals surface area (Å²) in [6, 6.07) is 0.